The van der Waals surface area contributed by atoms with Crippen molar-refractivity contribution in [2.24, 2.45) is 17.8 Å². The highest BCUT2D eigenvalue weighted by atomic mass is 35.5. The van der Waals surface area contributed by atoms with Gasteiger partial charge < -0.3 is 10.6 Å². The lowest BCUT2D eigenvalue weighted by Gasteiger charge is -2.43. The first kappa shape index (κ1) is 20.1. The summed E-state index contributed by atoms with van der Waals surface area (Å²) < 4.78 is 0. The summed E-state index contributed by atoms with van der Waals surface area (Å²) in [6, 6.07) is 22.5. The maximum Gasteiger partial charge on any atom is 0.255 e. The van der Waals surface area contributed by atoms with E-state index in [-0.39, 0.29) is 5.91 Å². The van der Waals surface area contributed by atoms with Gasteiger partial charge in [-0.1, -0.05) is 59.6 Å². The van der Waals surface area contributed by atoms with Crippen LogP contribution in [-0.2, 0) is 0 Å². The van der Waals surface area contributed by atoms with E-state index in [0.717, 1.165) is 11.6 Å². The SMILES string of the molecule is O=C(Nc1cccc(Cl)c1Cl)c1ccc2c(c1)[C@@H]1[C@H]3CC[C@@H](C3)[C@H]1[C@H](c1ccccc1)N2. The largest absolute Gasteiger partial charge is 0.378 e. The highest BCUT2D eigenvalue weighted by Crippen LogP contribution is 2.63. The first-order valence-electron chi connectivity index (χ1n) is 11.3. The minimum Gasteiger partial charge on any atom is -0.378 e. The molecule has 3 aliphatic rings. The number of hydrogen-bond donors (Lipinski definition) is 2. The van der Waals surface area contributed by atoms with Crippen molar-refractivity contribution < 1.29 is 4.79 Å². The average molecular weight is 463 g/mol. The van der Waals surface area contributed by atoms with Crippen LogP contribution in [0.4, 0.5) is 11.4 Å². The van der Waals surface area contributed by atoms with Crippen molar-refractivity contribution >= 4 is 40.5 Å². The van der Waals surface area contributed by atoms with Gasteiger partial charge in [0.1, 0.15) is 0 Å². The molecule has 2 N–H and O–H groups in total. The molecule has 0 spiro atoms. The van der Waals surface area contributed by atoms with Gasteiger partial charge in [-0.2, -0.15) is 0 Å². The molecule has 1 amide bonds. The molecule has 2 aliphatic carbocycles. The molecule has 0 unspecified atom stereocenters. The Morgan fingerprint density at radius 1 is 0.938 bits per heavy atom. The fourth-order valence-electron chi connectivity index (χ4n) is 6.41. The quantitative estimate of drug-likeness (QED) is 0.421. The lowest BCUT2D eigenvalue weighted by molar-refractivity contribution is 0.102. The molecule has 2 fully saturated rings. The lowest BCUT2D eigenvalue weighted by atomic mass is 9.68. The highest BCUT2D eigenvalue weighted by molar-refractivity contribution is 6.44. The van der Waals surface area contributed by atoms with Crippen LogP contribution in [0.5, 0.6) is 0 Å². The van der Waals surface area contributed by atoms with Gasteiger partial charge in [0, 0.05) is 11.3 Å². The zero-order chi connectivity index (χ0) is 21.8. The molecule has 1 heterocycles. The molecule has 6 rings (SSSR count). The van der Waals surface area contributed by atoms with Gasteiger partial charge in [-0.05, 0) is 84.4 Å². The van der Waals surface area contributed by atoms with Crippen molar-refractivity contribution in [1.82, 2.24) is 0 Å². The topological polar surface area (TPSA) is 41.1 Å². The first-order valence-corrected chi connectivity index (χ1v) is 12.1. The third kappa shape index (κ3) is 3.22. The summed E-state index contributed by atoms with van der Waals surface area (Å²) in [4.78, 5) is 13.1. The van der Waals surface area contributed by atoms with Crippen LogP contribution >= 0.6 is 23.2 Å². The van der Waals surface area contributed by atoms with Crippen molar-refractivity contribution in [2.75, 3.05) is 10.6 Å². The summed E-state index contributed by atoms with van der Waals surface area (Å²) in [5.74, 6) is 2.36. The van der Waals surface area contributed by atoms with E-state index in [1.807, 2.05) is 6.07 Å². The Balaban J connectivity index is 1.35. The summed E-state index contributed by atoms with van der Waals surface area (Å²) in [6.45, 7) is 0. The second-order valence-corrected chi connectivity index (χ2v) is 10.1. The van der Waals surface area contributed by atoms with E-state index in [4.69, 9.17) is 23.2 Å². The van der Waals surface area contributed by atoms with Crippen molar-refractivity contribution in [1.29, 1.82) is 0 Å². The summed E-state index contributed by atoms with van der Waals surface area (Å²) in [6.07, 6.45) is 3.91. The molecular formula is C27H24Cl2N2O. The number of nitrogens with one attached hydrogen (secondary N) is 2. The van der Waals surface area contributed by atoms with Crippen molar-refractivity contribution in [3.63, 3.8) is 0 Å². The molecule has 3 aromatic rings. The fourth-order valence-corrected chi connectivity index (χ4v) is 6.76. The van der Waals surface area contributed by atoms with E-state index in [1.54, 1.807) is 18.2 Å². The van der Waals surface area contributed by atoms with Crippen LogP contribution < -0.4 is 10.6 Å². The first-order chi connectivity index (χ1) is 15.6. The van der Waals surface area contributed by atoms with Crippen molar-refractivity contribution in [3.8, 4) is 0 Å². The molecule has 0 saturated heterocycles. The molecule has 3 nitrogen and oxygen atoms in total. The fraction of sp³-hybridized carbons (Fsp3) is 0.296. The van der Waals surface area contributed by atoms with Crippen LogP contribution in [0.2, 0.25) is 10.0 Å². The van der Waals surface area contributed by atoms with Gasteiger partial charge in [0.25, 0.3) is 5.91 Å². The van der Waals surface area contributed by atoms with Gasteiger partial charge in [0.2, 0.25) is 0 Å². The van der Waals surface area contributed by atoms with E-state index in [1.165, 1.54) is 30.4 Å². The van der Waals surface area contributed by atoms with Crippen LogP contribution in [0.15, 0.2) is 66.7 Å². The molecule has 32 heavy (non-hydrogen) atoms. The second kappa shape index (κ2) is 7.83. The molecule has 2 bridgehead atoms. The van der Waals surface area contributed by atoms with Crippen LogP contribution in [-0.4, -0.2) is 5.91 Å². The molecule has 3 aromatic carbocycles. The molecular weight excluding hydrogens is 439 g/mol. The summed E-state index contributed by atoms with van der Waals surface area (Å²) in [7, 11) is 0. The molecule has 5 heteroatoms. The number of anilines is 2. The van der Waals surface area contributed by atoms with Crippen LogP contribution in [0.3, 0.4) is 0 Å². The Labute approximate surface area is 198 Å². The Kier molecular flexibility index (Phi) is 4.93. The van der Waals surface area contributed by atoms with E-state index in [2.05, 4.69) is 53.1 Å². The molecule has 162 valence electrons. The minimum atomic E-state index is -0.165. The summed E-state index contributed by atoms with van der Waals surface area (Å²) in [5, 5.41) is 7.55. The summed E-state index contributed by atoms with van der Waals surface area (Å²) >= 11 is 12.4. The van der Waals surface area contributed by atoms with Gasteiger partial charge in [-0.15, -0.1) is 0 Å². The van der Waals surface area contributed by atoms with Gasteiger partial charge >= 0.3 is 0 Å². The third-order valence-corrected chi connectivity index (χ3v) is 8.53. The minimum absolute atomic E-state index is 0.165. The number of fused-ring (bicyclic) bond motifs is 7. The molecule has 2 saturated carbocycles. The number of amides is 1. The number of rotatable bonds is 3. The number of halogens is 2. The zero-order valence-corrected chi connectivity index (χ0v) is 19.0. The van der Waals surface area contributed by atoms with Crippen molar-refractivity contribution in [2.45, 2.75) is 31.2 Å². The Morgan fingerprint density at radius 3 is 2.59 bits per heavy atom. The smallest absolute Gasteiger partial charge is 0.255 e. The van der Waals surface area contributed by atoms with E-state index < -0.39 is 0 Å². The Hall–Kier alpha value is -2.49. The van der Waals surface area contributed by atoms with E-state index in [0.29, 0.717) is 45.1 Å². The number of benzene rings is 3. The predicted octanol–water partition coefficient (Wildman–Crippen LogP) is 7.54. The maximum absolute atomic E-state index is 13.1. The summed E-state index contributed by atoms with van der Waals surface area (Å²) in [5.41, 5.74) is 4.99. The maximum atomic E-state index is 13.1. The normalized spacial score (nSPS) is 27.4. The van der Waals surface area contributed by atoms with Gasteiger partial charge in [-0.3, -0.25) is 4.79 Å². The van der Waals surface area contributed by atoms with Gasteiger partial charge in [-0.25, -0.2) is 0 Å². The van der Waals surface area contributed by atoms with E-state index >= 15 is 0 Å². The third-order valence-electron chi connectivity index (χ3n) is 7.71. The highest BCUT2D eigenvalue weighted by Gasteiger charge is 2.53. The van der Waals surface area contributed by atoms with Gasteiger partial charge in [0.05, 0.1) is 21.8 Å². The molecule has 5 atom stereocenters. The number of carbonyl (C=O) groups is 1. The average Bonchev–Trinajstić information content (AvgIpc) is 3.44. The standard InChI is InChI=1S/C27H24Cl2N2O/c28-20-7-4-8-22(25(20)29)31-27(32)18-11-12-21-19(14-18)23-16-9-10-17(13-16)24(23)26(30-21)15-5-2-1-3-6-15/h1-8,11-12,14,16-17,23-24,26,30H,9-10,13H2,(H,31,32)/t16-,17-,23-,24+,26-/m0/s1. The molecule has 0 radical (unpaired) electrons. The Bertz CT molecular complexity index is 1200. The molecule has 0 aromatic heterocycles. The second-order valence-electron chi connectivity index (χ2n) is 9.33. The Morgan fingerprint density at radius 2 is 1.75 bits per heavy atom. The van der Waals surface area contributed by atoms with Gasteiger partial charge in [0.15, 0.2) is 0 Å². The number of carbonyl (C=O) groups excluding carboxylic acids is 1. The number of hydrogen-bond acceptors (Lipinski definition) is 2. The molecule has 1 aliphatic heterocycles. The monoisotopic (exact) mass is 462 g/mol. The van der Waals surface area contributed by atoms with Crippen molar-refractivity contribution in [3.05, 3.63) is 93.5 Å². The van der Waals surface area contributed by atoms with E-state index in [9.17, 15) is 4.79 Å². The van der Waals surface area contributed by atoms with Crippen LogP contribution in [0.25, 0.3) is 0 Å². The lowest BCUT2D eigenvalue weighted by Crippen LogP contribution is -2.35. The van der Waals surface area contributed by atoms with Crippen LogP contribution in [0.1, 0.15) is 52.7 Å². The van der Waals surface area contributed by atoms with Crippen LogP contribution in [0, 0.1) is 17.8 Å². The predicted molar refractivity (Wildman–Crippen MR) is 131 cm³/mol. The zero-order valence-electron chi connectivity index (χ0n) is 17.5.